The minimum Gasteiger partial charge on any atom is -0.496 e. The summed E-state index contributed by atoms with van der Waals surface area (Å²) >= 11 is 2.04. The second-order valence-corrected chi connectivity index (χ2v) is 6.58. The number of methoxy groups -OCH3 is 1. The van der Waals surface area contributed by atoms with Gasteiger partial charge in [0, 0.05) is 28.5 Å². The number of aromatic nitrogens is 1. The van der Waals surface area contributed by atoms with Gasteiger partial charge in [0.1, 0.15) is 5.75 Å². The van der Waals surface area contributed by atoms with E-state index < -0.39 is 5.60 Å². The van der Waals surface area contributed by atoms with E-state index in [4.69, 9.17) is 4.74 Å². The summed E-state index contributed by atoms with van der Waals surface area (Å²) in [5, 5.41) is 12.1. The number of aliphatic hydroxyl groups is 1. The molecule has 17 heavy (non-hydrogen) atoms. The molecule has 0 amide bonds. The van der Waals surface area contributed by atoms with Gasteiger partial charge in [-0.05, 0) is 31.7 Å². The topological polar surface area (TPSA) is 42.4 Å². The van der Waals surface area contributed by atoms with Gasteiger partial charge in [0.2, 0.25) is 0 Å². The first-order valence-electron chi connectivity index (χ1n) is 6.07. The highest BCUT2D eigenvalue weighted by Gasteiger charge is 2.45. The fraction of sp³-hybridized carbons (Fsp3) is 0.615. The lowest BCUT2D eigenvalue weighted by Crippen LogP contribution is -2.35. The number of hydrogen-bond acceptors (Lipinski definition) is 4. The Kier molecular flexibility index (Phi) is 2.79. The predicted octanol–water partition coefficient (Wildman–Crippen LogP) is 2.34. The Morgan fingerprint density at radius 3 is 2.76 bits per heavy atom. The Morgan fingerprint density at radius 1 is 1.41 bits per heavy atom. The van der Waals surface area contributed by atoms with Crippen LogP contribution in [0.5, 0.6) is 5.75 Å². The van der Waals surface area contributed by atoms with Crippen molar-refractivity contribution in [3.8, 4) is 5.75 Å². The molecule has 2 saturated heterocycles. The van der Waals surface area contributed by atoms with E-state index in [9.17, 15) is 5.11 Å². The van der Waals surface area contributed by atoms with Gasteiger partial charge >= 0.3 is 0 Å². The largest absolute Gasteiger partial charge is 0.496 e. The molecule has 3 heterocycles. The predicted molar refractivity (Wildman–Crippen MR) is 68.3 cm³/mol. The summed E-state index contributed by atoms with van der Waals surface area (Å²) in [6, 6.07) is 1.83. The third kappa shape index (κ3) is 1.93. The maximum absolute atomic E-state index is 10.9. The van der Waals surface area contributed by atoms with E-state index in [0.29, 0.717) is 10.5 Å². The van der Waals surface area contributed by atoms with E-state index in [2.05, 4.69) is 4.98 Å². The number of pyridine rings is 1. The van der Waals surface area contributed by atoms with Gasteiger partial charge in [-0.2, -0.15) is 11.8 Å². The summed E-state index contributed by atoms with van der Waals surface area (Å²) in [6.07, 6.45) is 7.60. The van der Waals surface area contributed by atoms with E-state index in [1.165, 1.54) is 12.8 Å². The van der Waals surface area contributed by atoms with Crippen molar-refractivity contribution in [2.45, 2.75) is 41.8 Å². The van der Waals surface area contributed by atoms with Gasteiger partial charge in [0.15, 0.2) is 0 Å². The first kappa shape index (κ1) is 11.4. The Labute approximate surface area is 106 Å². The summed E-state index contributed by atoms with van der Waals surface area (Å²) in [5.74, 6) is 0.758. The van der Waals surface area contributed by atoms with E-state index in [0.717, 1.165) is 24.2 Å². The van der Waals surface area contributed by atoms with Gasteiger partial charge in [-0.15, -0.1) is 0 Å². The Morgan fingerprint density at radius 2 is 2.12 bits per heavy atom. The van der Waals surface area contributed by atoms with Crippen LogP contribution in [0.25, 0.3) is 0 Å². The normalized spacial score (nSPS) is 35.9. The smallest absolute Gasteiger partial charge is 0.128 e. The molecule has 92 valence electrons. The van der Waals surface area contributed by atoms with Crippen LogP contribution in [-0.4, -0.2) is 27.7 Å². The molecule has 2 aliphatic heterocycles. The third-order valence-electron chi connectivity index (χ3n) is 3.83. The first-order chi connectivity index (χ1) is 8.21. The monoisotopic (exact) mass is 251 g/mol. The summed E-state index contributed by atoms with van der Waals surface area (Å²) in [4.78, 5) is 4.14. The summed E-state index contributed by atoms with van der Waals surface area (Å²) in [7, 11) is 1.65. The molecule has 0 spiro atoms. The molecule has 0 aromatic carbocycles. The lowest BCUT2D eigenvalue weighted by molar-refractivity contribution is 0.0171. The van der Waals surface area contributed by atoms with Crippen LogP contribution in [0.3, 0.4) is 0 Å². The van der Waals surface area contributed by atoms with Crippen LogP contribution in [0.4, 0.5) is 0 Å². The molecular formula is C13H17NO2S. The zero-order valence-electron chi connectivity index (χ0n) is 9.93. The van der Waals surface area contributed by atoms with Gasteiger partial charge in [-0.1, -0.05) is 0 Å². The van der Waals surface area contributed by atoms with Gasteiger partial charge in [0.25, 0.3) is 0 Å². The van der Waals surface area contributed by atoms with Crippen molar-refractivity contribution in [3.05, 3.63) is 24.0 Å². The fourth-order valence-corrected chi connectivity index (χ4v) is 4.88. The highest BCUT2D eigenvalue weighted by molar-refractivity contribution is 8.00. The zero-order chi connectivity index (χ0) is 11.9. The molecule has 2 fully saturated rings. The Bertz CT molecular complexity index is 412. The lowest BCUT2D eigenvalue weighted by Gasteiger charge is -2.36. The molecule has 4 heteroatoms. The van der Waals surface area contributed by atoms with Gasteiger partial charge in [-0.25, -0.2) is 0 Å². The highest BCUT2D eigenvalue weighted by atomic mass is 32.2. The van der Waals surface area contributed by atoms with Crippen molar-refractivity contribution in [1.82, 2.24) is 4.98 Å². The third-order valence-corrected chi connectivity index (χ3v) is 5.40. The molecule has 1 aromatic rings. The molecule has 2 bridgehead atoms. The molecule has 1 N–H and O–H groups in total. The summed E-state index contributed by atoms with van der Waals surface area (Å²) in [6.45, 7) is 0. The van der Waals surface area contributed by atoms with Crippen LogP contribution in [0.15, 0.2) is 18.5 Å². The molecule has 0 radical (unpaired) electrons. The van der Waals surface area contributed by atoms with Crippen LogP contribution >= 0.6 is 11.8 Å². The van der Waals surface area contributed by atoms with Crippen LogP contribution in [0, 0.1) is 0 Å². The van der Waals surface area contributed by atoms with Crippen molar-refractivity contribution >= 4 is 11.8 Å². The van der Waals surface area contributed by atoms with Crippen LogP contribution < -0.4 is 4.74 Å². The Balaban J connectivity index is 1.96. The van der Waals surface area contributed by atoms with Crippen molar-refractivity contribution in [3.63, 3.8) is 0 Å². The lowest BCUT2D eigenvalue weighted by atomic mass is 9.86. The molecule has 2 atom stereocenters. The number of thioether (sulfide) groups is 1. The number of fused-ring (bicyclic) bond motifs is 2. The minimum atomic E-state index is -0.739. The fourth-order valence-electron chi connectivity index (χ4n) is 3.05. The molecule has 2 aliphatic rings. The minimum absolute atomic E-state index is 0.601. The van der Waals surface area contributed by atoms with Gasteiger partial charge < -0.3 is 9.84 Å². The molecule has 2 unspecified atom stereocenters. The van der Waals surface area contributed by atoms with Gasteiger partial charge in [-0.3, -0.25) is 4.98 Å². The van der Waals surface area contributed by atoms with Crippen molar-refractivity contribution in [2.24, 2.45) is 0 Å². The maximum atomic E-state index is 10.9. The average Bonchev–Trinajstić information content (AvgIpc) is 2.69. The van der Waals surface area contributed by atoms with Gasteiger partial charge in [0.05, 0.1) is 12.7 Å². The van der Waals surface area contributed by atoms with Crippen LogP contribution in [0.1, 0.15) is 31.2 Å². The van der Waals surface area contributed by atoms with E-state index in [-0.39, 0.29) is 0 Å². The molecular weight excluding hydrogens is 234 g/mol. The molecule has 0 aliphatic carbocycles. The first-order valence-corrected chi connectivity index (χ1v) is 7.02. The standard InChI is InChI=1S/C13H17NO2S/c1-16-12-4-5-14-8-11(12)13(15)6-9-2-3-10(7-13)17-9/h4-5,8-10,15H,2-3,6-7H2,1H3. The molecule has 3 rings (SSSR count). The van der Waals surface area contributed by atoms with Crippen LogP contribution in [-0.2, 0) is 5.60 Å². The molecule has 3 nitrogen and oxygen atoms in total. The number of nitrogens with zero attached hydrogens (tertiary/aromatic N) is 1. The zero-order valence-corrected chi connectivity index (χ0v) is 10.7. The van der Waals surface area contributed by atoms with E-state index in [1.807, 2.05) is 17.8 Å². The molecule has 1 aromatic heterocycles. The highest BCUT2D eigenvalue weighted by Crippen LogP contribution is 2.52. The summed E-state index contributed by atoms with van der Waals surface area (Å²) < 4.78 is 5.35. The number of hydrogen-bond donors (Lipinski definition) is 1. The number of ether oxygens (including phenoxy) is 1. The average molecular weight is 251 g/mol. The van der Waals surface area contributed by atoms with Crippen molar-refractivity contribution in [1.29, 1.82) is 0 Å². The Hall–Kier alpha value is -0.740. The van der Waals surface area contributed by atoms with Crippen molar-refractivity contribution in [2.75, 3.05) is 7.11 Å². The van der Waals surface area contributed by atoms with Crippen LogP contribution in [0.2, 0.25) is 0 Å². The number of rotatable bonds is 2. The van der Waals surface area contributed by atoms with E-state index >= 15 is 0 Å². The second kappa shape index (κ2) is 4.18. The molecule has 0 saturated carbocycles. The quantitative estimate of drug-likeness (QED) is 0.876. The summed E-state index contributed by atoms with van der Waals surface area (Å²) in [5.41, 5.74) is 0.121. The SMILES string of the molecule is COc1ccncc1C1(O)CC2CCC(C1)S2. The second-order valence-electron chi connectivity index (χ2n) is 4.97. The van der Waals surface area contributed by atoms with E-state index in [1.54, 1.807) is 19.5 Å². The maximum Gasteiger partial charge on any atom is 0.128 e. The van der Waals surface area contributed by atoms with Crippen molar-refractivity contribution < 1.29 is 9.84 Å².